The number of benzene rings is 1. The molecule has 1 aromatic carbocycles. The van der Waals surface area contributed by atoms with E-state index >= 15 is 0 Å². The van der Waals surface area contributed by atoms with E-state index < -0.39 is 18.2 Å². The van der Waals surface area contributed by atoms with Gasteiger partial charge in [0.05, 0.1) is 0 Å². The second kappa shape index (κ2) is 4.32. The molecule has 1 atom stereocenters. The van der Waals surface area contributed by atoms with E-state index in [1.54, 1.807) is 6.92 Å². The van der Waals surface area contributed by atoms with Crippen molar-refractivity contribution in [2.75, 3.05) is 0 Å². The lowest BCUT2D eigenvalue weighted by atomic mass is 10.1. The lowest BCUT2D eigenvalue weighted by molar-refractivity contribution is -0.0522. The second-order valence-electron chi connectivity index (χ2n) is 2.86. The number of hydrogen-bond donors (Lipinski definition) is 1. The quantitative estimate of drug-likeness (QED) is 0.822. The fraction of sp³-hybridized carbons (Fsp3) is 0.333. The monoisotopic (exact) mass is 205 g/mol. The van der Waals surface area contributed by atoms with Gasteiger partial charge >= 0.3 is 6.61 Å². The zero-order valence-corrected chi connectivity index (χ0v) is 7.51. The summed E-state index contributed by atoms with van der Waals surface area (Å²) in [6.07, 6.45) is 0. The highest BCUT2D eigenvalue weighted by molar-refractivity contribution is 5.30. The zero-order chi connectivity index (χ0) is 10.7. The van der Waals surface area contributed by atoms with E-state index in [2.05, 4.69) is 4.74 Å². The first-order valence-electron chi connectivity index (χ1n) is 4.00. The van der Waals surface area contributed by atoms with Crippen molar-refractivity contribution in [1.82, 2.24) is 0 Å². The summed E-state index contributed by atoms with van der Waals surface area (Å²) in [5.41, 5.74) is 6.01. The van der Waals surface area contributed by atoms with Crippen LogP contribution in [0.25, 0.3) is 0 Å². The van der Waals surface area contributed by atoms with Gasteiger partial charge < -0.3 is 10.5 Å². The van der Waals surface area contributed by atoms with E-state index in [0.717, 1.165) is 12.1 Å². The summed E-state index contributed by atoms with van der Waals surface area (Å²) in [6, 6.07) is 3.33. The Hall–Kier alpha value is -1.23. The van der Waals surface area contributed by atoms with Crippen molar-refractivity contribution in [2.24, 2.45) is 5.73 Å². The molecule has 0 saturated carbocycles. The minimum atomic E-state index is -3.02. The van der Waals surface area contributed by atoms with Crippen molar-refractivity contribution in [1.29, 1.82) is 0 Å². The van der Waals surface area contributed by atoms with Crippen molar-refractivity contribution in [3.63, 3.8) is 0 Å². The van der Waals surface area contributed by atoms with Crippen LogP contribution in [0, 0.1) is 5.82 Å². The standard InChI is InChI=1S/C9H10F3NO/c1-5(13)6-2-3-8(7(10)4-6)14-9(11)12/h2-5,9H,13H2,1H3. The first-order chi connectivity index (χ1) is 6.50. The summed E-state index contributed by atoms with van der Waals surface area (Å²) >= 11 is 0. The van der Waals surface area contributed by atoms with Crippen molar-refractivity contribution in [3.8, 4) is 5.75 Å². The molecule has 0 heterocycles. The number of alkyl halides is 2. The van der Waals surface area contributed by atoms with Gasteiger partial charge in [0.25, 0.3) is 0 Å². The third-order valence-corrected chi connectivity index (χ3v) is 1.70. The van der Waals surface area contributed by atoms with Crippen LogP contribution >= 0.6 is 0 Å². The van der Waals surface area contributed by atoms with Crippen LogP contribution in [0.5, 0.6) is 5.75 Å². The average Bonchev–Trinajstić information content (AvgIpc) is 2.07. The van der Waals surface area contributed by atoms with Gasteiger partial charge in [0.2, 0.25) is 0 Å². The van der Waals surface area contributed by atoms with Crippen LogP contribution in [-0.4, -0.2) is 6.61 Å². The van der Waals surface area contributed by atoms with Gasteiger partial charge in [-0.3, -0.25) is 0 Å². The molecule has 0 radical (unpaired) electrons. The van der Waals surface area contributed by atoms with Crippen molar-refractivity contribution in [2.45, 2.75) is 19.6 Å². The molecule has 0 fully saturated rings. The fourth-order valence-corrected chi connectivity index (χ4v) is 0.992. The van der Waals surface area contributed by atoms with Gasteiger partial charge in [0.15, 0.2) is 11.6 Å². The first-order valence-corrected chi connectivity index (χ1v) is 4.00. The molecule has 5 heteroatoms. The van der Waals surface area contributed by atoms with Gasteiger partial charge in [0, 0.05) is 6.04 Å². The molecule has 1 rings (SSSR count). The maximum absolute atomic E-state index is 13.1. The molecule has 0 aliphatic heterocycles. The largest absolute Gasteiger partial charge is 0.432 e. The highest BCUT2D eigenvalue weighted by Gasteiger charge is 2.11. The third kappa shape index (κ3) is 2.63. The van der Waals surface area contributed by atoms with Crippen molar-refractivity contribution < 1.29 is 17.9 Å². The van der Waals surface area contributed by atoms with Crippen LogP contribution < -0.4 is 10.5 Å². The Kier molecular flexibility index (Phi) is 3.35. The summed E-state index contributed by atoms with van der Waals surface area (Å²) < 4.78 is 40.5. The van der Waals surface area contributed by atoms with Gasteiger partial charge in [-0.2, -0.15) is 8.78 Å². The zero-order valence-electron chi connectivity index (χ0n) is 7.51. The number of halogens is 3. The Morgan fingerprint density at radius 1 is 1.36 bits per heavy atom. The SMILES string of the molecule is CC(N)c1ccc(OC(F)F)c(F)c1. The topological polar surface area (TPSA) is 35.2 Å². The van der Waals surface area contributed by atoms with Crippen LogP contribution in [0.1, 0.15) is 18.5 Å². The molecule has 14 heavy (non-hydrogen) atoms. The minimum absolute atomic E-state index is 0.343. The van der Waals surface area contributed by atoms with Gasteiger partial charge in [-0.15, -0.1) is 0 Å². The van der Waals surface area contributed by atoms with Crippen molar-refractivity contribution in [3.05, 3.63) is 29.6 Å². The third-order valence-electron chi connectivity index (χ3n) is 1.70. The molecule has 0 aliphatic carbocycles. The summed E-state index contributed by atoms with van der Waals surface area (Å²) in [5.74, 6) is -1.30. The molecular weight excluding hydrogens is 195 g/mol. The molecule has 1 aromatic rings. The number of nitrogens with two attached hydrogens (primary N) is 1. The Labute approximate surface area is 79.5 Å². The molecule has 0 aromatic heterocycles. The highest BCUT2D eigenvalue weighted by atomic mass is 19.3. The normalized spacial score (nSPS) is 13.0. The van der Waals surface area contributed by atoms with Crippen LogP contribution in [0.3, 0.4) is 0 Å². The molecule has 0 aliphatic rings. The van der Waals surface area contributed by atoms with Gasteiger partial charge in [-0.05, 0) is 24.6 Å². The Bertz CT molecular complexity index is 315. The van der Waals surface area contributed by atoms with Crippen LogP contribution in [-0.2, 0) is 0 Å². The Morgan fingerprint density at radius 3 is 2.43 bits per heavy atom. The maximum atomic E-state index is 13.1. The predicted molar refractivity (Wildman–Crippen MR) is 45.6 cm³/mol. The van der Waals surface area contributed by atoms with Crippen LogP contribution in [0.4, 0.5) is 13.2 Å². The van der Waals surface area contributed by atoms with E-state index in [9.17, 15) is 13.2 Å². The second-order valence-corrected chi connectivity index (χ2v) is 2.86. The molecule has 0 bridgehead atoms. The highest BCUT2D eigenvalue weighted by Crippen LogP contribution is 2.22. The van der Waals surface area contributed by atoms with Crippen LogP contribution in [0.15, 0.2) is 18.2 Å². The van der Waals surface area contributed by atoms with Gasteiger partial charge in [-0.1, -0.05) is 6.07 Å². The van der Waals surface area contributed by atoms with E-state index in [1.165, 1.54) is 6.07 Å². The summed E-state index contributed by atoms with van der Waals surface area (Å²) in [6.45, 7) is -1.35. The molecule has 1 unspecified atom stereocenters. The van der Waals surface area contributed by atoms with E-state index in [4.69, 9.17) is 5.73 Å². The molecule has 2 nitrogen and oxygen atoms in total. The summed E-state index contributed by atoms with van der Waals surface area (Å²) in [5, 5.41) is 0. The lowest BCUT2D eigenvalue weighted by Crippen LogP contribution is -2.07. The lowest BCUT2D eigenvalue weighted by Gasteiger charge is -2.09. The molecule has 78 valence electrons. The molecule has 0 amide bonds. The van der Waals surface area contributed by atoms with Gasteiger partial charge in [-0.25, -0.2) is 4.39 Å². The Balaban J connectivity index is 2.90. The molecule has 0 saturated heterocycles. The molecule has 2 N–H and O–H groups in total. The number of ether oxygens (including phenoxy) is 1. The average molecular weight is 205 g/mol. The van der Waals surface area contributed by atoms with Gasteiger partial charge in [0.1, 0.15) is 0 Å². The first kappa shape index (κ1) is 10.8. The van der Waals surface area contributed by atoms with E-state index in [0.29, 0.717) is 5.56 Å². The Morgan fingerprint density at radius 2 is 2.00 bits per heavy atom. The summed E-state index contributed by atoms with van der Waals surface area (Å²) in [4.78, 5) is 0. The molecular formula is C9H10F3NO. The van der Waals surface area contributed by atoms with E-state index in [-0.39, 0.29) is 6.04 Å². The van der Waals surface area contributed by atoms with E-state index in [1.807, 2.05) is 0 Å². The smallest absolute Gasteiger partial charge is 0.387 e. The van der Waals surface area contributed by atoms with Crippen molar-refractivity contribution >= 4 is 0 Å². The maximum Gasteiger partial charge on any atom is 0.387 e. The molecule has 0 spiro atoms. The van der Waals surface area contributed by atoms with Crippen LogP contribution in [0.2, 0.25) is 0 Å². The predicted octanol–water partition coefficient (Wildman–Crippen LogP) is 2.45. The number of rotatable bonds is 3. The fourth-order valence-electron chi connectivity index (χ4n) is 0.992. The number of hydrogen-bond acceptors (Lipinski definition) is 2. The summed E-state index contributed by atoms with van der Waals surface area (Å²) in [7, 11) is 0. The minimum Gasteiger partial charge on any atom is -0.432 e.